The fraction of sp³-hybridized carbons (Fsp3) is 0.353. The topological polar surface area (TPSA) is 66.9 Å². The molecule has 1 unspecified atom stereocenters. The van der Waals surface area contributed by atoms with E-state index in [1.807, 2.05) is 38.1 Å². The van der Waals surface area contributed by atoms with Crippen LogP contribution in [0.15, 0.2) is 53.9 Å². The second kappa shape index (κ2) is 8.17. The SMILES string of the molecule is CCOC1=CC(=[N+]=[N-])C(OCC)C=C1NCc1ccccc1. The van der Waals surface area contributed by atoms with Crippen molar-refractivity contribution in [3.8, 4) is 0 Å². The number of ether oxygens (including phenoxy) is 2. The molecule has 1 atom stereocenters. The van der Waals surface area contributed by atoms with Crippen molar-refractivity contribution in [2.24, 2.45) is 0 Å². The van der Waals surface area contributed by atoms with Crippen LogP contribution in [0.5, 0.6) is 0 Å². The highest BCUT2D eigenvalue weighted by molar-refractivity contribution is 5.97. The van der Waals surface area contributed by atoms with Gasteiger partial charge in [0.25, 0.3) is 0 Å². The Morgan fingerprint density at radius 3 is 2.59 bits per heavy atom. The standard InChI is InChI=1S/C17H21N3O2/c1-3-21-16-11-15(20-18)17(22-4-2)10-14(16)19-12-13-8-6-5-7-9-13/h5-11,17,19H,3-4,12H2,1-2H3. The van der Waals surface area contributed by atoms with Crippen molar-refractivity contribution in [3.05, 3.63) is 65.0 Å². The summed E-state index contributed by atoms with van der Waals surface area (Å²) in [6.07, 6.45) is 3.21. The molecule has 1 N–H and O–H groups in total. The summed E-state index contributed by atoms with van der Waals surface area (Å²) in [5.74, 6) is 0.655. The molecule has 1 aromatic carbocycles. The van der Waals surface area contributed by atoms with E-state index in [-0.39, 0.29) is 6.10 Å². The molecule has 0 amide bonds. The van der Waals surface area contributed by atoms with Crippen LogP contribution in [0.25, 0.3) is 5.53 Å². The Balaban J connectivity index is 2.17. The molecule has 0 radical (unpaired) electrons. The average molecular weight is 299 g/mol. The number of benzene rings is 1. The Morgan fingerprint density at radius 2 is 1.95 bits per heavy atom. The minimum Gasteiger partial charge on any atom is -0.491 e. The summed E-state index contributed by atoms with van der Waals surface area (Å²) in [6.45, 7) is 5.57. The van der Waals surface area contributed by atoms with Gasteiger partial charge in [0, 0.05) is 13.2 Å². The predicted molar refractivity (Wildman–Crippen MR) is 85.1 cm³/mol. The zero-order valence-corrected chi connectivity index (χ0v) is 13.0. The van der Waals surface area contributed by atoms with Crippen LogP contribution in [0.4, 0.5) is 0 Å². The lowest BCUT2D eigenvalue weighted by atomic mass is 10.0. The first kappa shape index (κ1) is 16.0. The van der Waals surface area contributed by atoms with Gasteiger partial charge < -0.3 is 20.3 Å². The average Bonchev–Trinajstić information content (AvgIpc) is 2.56. The zero-order chi connectivity index (χ0) is 15.8. The molecule has 0 bridgehead atoms. The van der Waals surface area contributed by atoms with E-state index in [0.717, 1.165) is 5.70 Å². The molecule has 2 rings (SSSR count). The molecular weight excluding hydrogens is 278 g/mol. The fourth-order valence-electron chi connectivity index (χ4n) is 2.23. The highest BCUT2D eigenvalue weighted by Crippen LogP contribution is 2.19. The number of hydrogen-bond acceptors (Lipinski definition) is 3. The van der Waals surface area contributed by atoms with E-state index in [0.29, 0.717) is 31.2 Å². The highest BCUT2D eigenvalue weighted by atomic mass is 16.5. The summed E-state index contributed by atoms with van der Waals surface area (Å²) in [6, 6.07) is 10.1. The third-order valence-electron chi connectivity index (χ3n) is 3.24. The second-order valence-electron chi connectivity index (χ2n) is 4.76. The van der Waals surface area contributed by atoms with Gasteiger partial charge in [-0.3, -0.25) is 0 Å². The van der Waals surface area contributed by atoms with Gasteiger partial charge in [0.05, 0.1) is 18.4 Å². The van der Waals surface area contributed by atoms with Crippen LogP contribution in [0, 0.1) is 0 Å². The molecule has 22 heavy (non-hydrogen) atoms. The lowest BCUT2D eigenvalue weighted by Crippen LogP contribution is -2.30. The molecule has 116 valence electrons. The molecule has 0 saturated carbocycles. The summed E-state index contributed by atoms with van der Waals surface area (Å²) in [5, 5.41) is 3.36. The molecule has 0 aliphatic heterocycles. The normalized spacial score (nSPS) is 17.4. The molecule has 5 heteroatoms. The molecular formula is C17H21N3O2. The molecule has 0 saturated heterocycles. The van der Waals surface area contributed by atoms with Crippen molar-refractivity contribution < 1.29 is 14.3 Å². The Labute approximate surface area is 130 Å². The van der Waals surface area contributed by atoms with Gasteiger partial charge in [-0.05, 0) is 25.5 Å². The first-order valence-corrected chi connectivity index (χ1v) is 7.46. The Morgan fingerprint density at radius 1 is 1.18 bits per heavy atom. The fourth-order valence-corrected chi connectivity index (χ4v) is 2.23. The Hall–Kier alpha value is -2.36. The van der Waals surface area contributed by atoms with Crippen LogP contribution in [-0.4, -0.2) is 29.8 Å². The minimum atomic E-state index is -0.377. The van der Waals surface area contributed by atoms with Gasteiger partial charge >= 0.3 is 5.71 Å². The molecule has 1 aromatic rings. The van der Waals surface area contributed by atoms with Gasteiger partial charge in [-0.15, -0.1) is 0 Å². The second-order valence-corrected chi connectivity index (χ2v) is 4.76. The van der Waals surface area contributed by atoms with Crippen molar-refractivity contribution in [3.63, 3.8) is 0 Å². The van der Waals surface area contributed by atoms with E-state index >= 15 is 0 Å². The molecule has 5 nitrogen and oxygen atoms in total. The summed E-state index contributed by atoms with van der Waals surface area (Å²) < 4.78 is 11.2. The van der Waals surface area contributed by atoms with Crippen LogP contribution < -0.4 is 5.32 Å². The smallest absolute Gasteiger partial charge is 0.328 e. The number of hydrogen-bond donors (Lipinski definition) is 1. The van der Waals surface area contributed by atoms with Gasteiger partial charge in [0.15, 0.2) is 6.10 Å². The van der Waals surface area contributed by atoms with E-state index in [4.69, 9.17) is 15.0 Å². The van der Waals surface area contributed by atoms with Crippen molar-refractivity contribution >= 4 is 5.71 Å². The Kier molecular flexibility index (Phi) is 5.95. The third-order valence-corrected chi connectivity index (χ3v) is 3.24. The van der Waals surface area contributed by atoms with E-state index in [2.05, 4.69) is 22.2 Å². The van der Waals surface area contributed by atoms with Crippen LogP contribution in [-0.2, 0) is 16.0 Å². The molecule has 0 fully saturated rings. The Bertz CT molecular complexity index is 602. The van der Waals surface area contributed by atoms with Gasteiger partial charge in [0.2, 0.25) is 0 Å². The maximum absolute atomic E-state index is 9.13. The van der Waals surface area contributed by atoms with Gasteiger partial charge in [-0.2, -0.15) is 4.79 Å². The summed E-state index contributed by atoms with van der Waals surface area (Å²) in [7, 11) is 0. The molecule has 1 aliphatic carbocycles. The van der Waals surface area contributed by atoms with Crippen molar-refractivity contribution in [1.29, 1.82) is 0 Å². The maximum Gasteiger partial charge on any atom is 0.328 e. The van der Waals surface area contributed by atoms with Crippen LogP contribution in [0.1, 0.15) is 19.4 Å². The van der Waals surface area contributed by atoms with Crippen LogP contribution >= 0.6 is 0 Å². The van der Waals surface area contributed by atoms with Crippen molar-refractivity contribution in [2.45, 2.75) is 26.5 Å². The largest absolute Gasteiger partial charge is 0.491 e. The molecule has 0 aromatic heterocycles. The first-order valence-electron chi connectivity index (χ1n) is 7.46. The minimum absolute atomic E-state index is 0.377. The van der Waals surface area contributed by atoms with Crippen LogP contribution in [0.3, 0.4) is 0 Å². The predicted octanol–water partition coefficient (Wildman–Crippen LogP) is 2.67. The quantitative estimate of drug-likeness (QED) is 0.622. The monoisotopic (exact) mass is 299 g/mol. The van der Waals surface area contributed by atoms with Gasteiger partial charge in [-0.25, -0.2) is 0 Å². The van der Waals surface area contributed by atoms with Crippen molar-refractivity contribution in [2.75, 3.05) is 13.2 Å². The first-order chi connectivity index (χ1) is 10.8. The molecule has 0 heterocycles. The van der Waals surface area contributed by atoms with E-state index in [1.165, 1.54) is 5.56 Å². The summed E-state index contributed by atoms with van der Waals surface area (Å²) in [4.78, 5) is 3.30. The highest BCUT2D eigenvalue weighted by Gasteiger charge is 2.28. The lowest BCUT2D eigenvalue weighted by molar-refractivity contribution is -0.0223. The summed E-state index contributed by atoms with van der Waals surface area (Å²) >= 11 is 0. The summed E-state index contributed by atoms with van der Waals surface area (Å²) in [5.41, 5.74) is 11.6. The van der Waals surface area contributed by atoms with E-state index < -0.39 is 0 Å². The van der Waals surface area contributed by atoms with E-state index in [9.17, 15) is 0 Å². The number of nitrogens with zero attached hydrogens (tertiary/aromatic N) is 2. The van der Waals surface area contributed by atoms with Gasteiger partial charge in [0.1, 0.15) is 5.76 Å². The molecule has 0 spiro atoms. The van der Waals surface area contributed by atoms with Gasteiger partial charge in [-0.1, -0.05) is 30.3 Å². The van der Waals surface area contributed by atoms with Crippen molar-refractivity contribution in [1.82, 2.24) is 5.32 Å². The van der Waals surface area contributed by atoms with E-state index in [1.54, 1.807) is 6.08 Å². The lowest BCUT2D eigenvalue weighted by Gasteiger charge is -2.20. The number of nitrogens with one attached hydrogen (secondary N) is 1. The third kappa shape index (κ3) is 4.07. The molecule has 1 aliphatic rings. The zero-order valence-electron chi connectivity index (χ0n) is 13.0. The number of rotatable bonds is 7. The van der Waals surface area contributed by atoms with Crippen LogP contribution in [0.2, 0.25) is 0 Å². The maximum atomic E-state index is 9.13.